The van der Waals surface area contributed by atoms with Gasteiger partial charge in [0, 0.05) is 12.0 Å². The summed E-state index contributed by atoms with van der Waals surface area (Å²) >= 11 is -1.36. The van der Waals surface area contributed by atoms with E-state index in [1.807, 2.05) is 32.9 Å². The highest BCUT2D eigenvalue weighted by atomic mass is 32.2. The fraction of sp³-hybridized carbons (Fsp3) is 0.500. The molecule has 0 saturated carbocycles. The van der Waals surface area contributed by atoms with Crippen molar-refractivity contribution in [2.24, 2.45) is 4.40 Å². The van der Waals surface area contributed by atoms with Crippen molar-refractivity contribution in [1.82, 2.24) is 0 Å². The summed E-state index contributed by atoms with van der Waals surface area (Å²) in [5, 5.41) is 0. The van der Waals surface area contributed by atoms with Gasteiger partial charge in [0.05, 0.1) is 12.3 Å². The Morgan fingerprint density at radius 2 is 2.04 bits per heavy atom. The van der Waals surface area contributed by atoms with E-state index in [0.717, 1.165) is 11.1 Å². The minimum atomic E-state index is -3.11. The average Bonchev–Trinajstić information content (AvgIpc) is 2.46. The lowest BCUT2D eigenvalue weighted by atomic mass is 10.1. The molecule has 0 aromatic heterocycles. The summed E-state index contributed by atoms with van der Waals surface area (Å²) in [5.41, 5.74) is 2.24. The van der Waals surface area contributed by atoms with Crippen LogP contribution in [0.1, 0.15) is 38.8 Å². The molecule has 0 aliphatic rings. The van der Waals surface area contributed by atoms with Crippen molar-refractivity contribution >= 4 is 23.0 Å². The molecule has 128 valence electrons. The number of carbonyl (C=O) groups is 1. The molecule has 7 heteroatoms. The van der Waals surface area contributed by atoms with Crippen molar-refractivity contribution in [3.63, 3.8) is 0 Å². The Morgan fingerprint density at radius 1 is 1.39 bits per heavy atom. The predicted molar refractivity (Wildman–Crippen MR) is 87.2 cm³/mol. The predicted octanol–water partition coefficient (Wildman–Crippen LogP) is 3.31. The van der Waals surface area contributed by atoms with Gasteiger partial charge in [-0.3, -0.25) is 0 Å². The number of nitrogens with zero attached hydrogens (tertiary/aromatic N) is 1. The molecule has 1 aromatic rings. The van der Waals surface area contributed by atoms with E-state index in [1.165, 1.54) is 0 Å². The largest absolute Gasteiger partial charge is 0.591 e. The number of alkyl halides is 2. The number of rotatable bonds is 6. The molecule has 23 heavy (non-hydrogen) atoms. The maximum absolute atomic E-state index is 12.0. The van der Waals surface area contributed by atoms with Gasteiger partial charge in [0.15, 0.2) is 0 Å². The third kappa shape index (κ3) is 6.66. The first-order valence-corrected chi connectivity index (χ1v) is 8.23. The van der Waals surface area contributed by atoms with E-state index in [-0.39, 0.29) is 6.61 Å². The Balaban J connectivity index is 2.73. The van der Waals surface area contributed by atoms with E-state index in [1.54, 1.807) is 19.1 Å². The summed E-state index contributed by atoms with van der Waals surface area (Å²) in [6.45, 7) is 7.17. The number of benzene rings is 1. The summed E-state index contributed by atoms with van der Waals surface area (Å²) in [5.74, 6) is -1.51. The fourth-order valence-corrected chi connectivity index (χ4v) is 2.23. The first kappa shape index (κ1) is 19.6. The third-order valence-corrected chi connectivity index (χ3v) is 4.39. The fourth-order valence-electron chi connectivity index (χ4n) is 1.60. The molecule has 0 saturated heterocycles. The number of ether oxygens (including phenoxy) is 1. The smallest absolute Gasteiger partial charge is 0.373 e. The highest BCUT2D eigenvalue weighted by molar-refractivity contribution is 7.91. The van der Waals surface area contributed by atoms with Crippen molar-refractivity contribution in [3.05, 3.63) is 35.4 Å². The van der Waals surface area contributed by atoms with E-state index >= 15 is 0 Å². The second-order valence-electron chi connectivity index (χ2n) is 5.96. The van der Waals surface area contributed by atoms with E-state index in [4.69, 9.17) is 0 Å². The van der Waals surface area contributed by atoms with Gasteiger partial charge < -0.3 is 9.29 Å². The normalized spacial score (nSPS) is 14.0. The quantitative estimate of drug-likeness (QED) is 0.451. The molecule has 0 N–H and O–H groups in total. The van der Waals surface area contributed by atoms with Crippen LogP contribution in [0, 0.1) is 0 Å². The SMILES string of the molecule is C/C(=N/[S+]([O-])C(C)(C)C)c1cccc(CCOC(=O)C(F)F)c1. The molecule has 0 amide bonds. The van der Waals surface area contributed by atoms with Crippen LogP contribution in [0.2, 0.25) is 0 Å². The van der Waals surface area contributed by atoms with Gasteiger partial charge in [0.2, 0.25) is 0 Å². The first-order chi connectivity index (χ1) is 10.6. The summed E-state index contributed by atoms with van der Waals surface area (Å²) in [4.78, 5) is 10.7. The van der Waals surface area contributed by atoms with Gasteiger partial charge in [-0.25, -0.2) is 4.79 Å². The van der Waals surface area contributed by atoms with Gasteiger partial charge in [0.1, 0.15) is 16.1 Å². The summed E-state index contributed by atoms with van der Waals surface area (Å²) in [6, 6.07) is 7.23. The summed E-state index contributed by atoms with van der Waals surface area (Å²) < 4.78 is 44.3. The second kappa shape index (κ2) is 8.40. The molecule has 0 radical (unpaired) electrons. The van der Waals surface area contributed by atoms with E-state index in [0.29, 0.717) is 12.1 Å². The zero-order valence-electron chi connectivity index (χ0n) is 13.6. The van der Waals surface area contributed by atoms with Gasteiger partial charge in [-0.1, -0.05) is 22.6 Å². The zero-order valence-corrected chi connectivity index (χ0v) is 14.5. The van der Waals surface area contributed by atoms with Crippen LogP contribution in [0.25, 0.3) is 0 Å². The van der Waals surface area contributed by atoms with Crippen LogP contribution >= 0.6 is 0 Å². The molecular formula is C16H21F2NO3S. The van der Waals surface area contributed by atoms with Crippen molar-refractivity contribution in [1.29, 1.82) is 0 Å². The lowest BCUT2D eigenvalue weighted by molar-refractivity contribution is -0.156. The summed E-state index contributed by atoms with van der Waals surface area (Å²) in [6.07, 6.45) is -2.79. The van der Waals surface area contributed by atoms with Gasteiger partial charge in [-0.05, 0) is 39.3 Å². The van der Waals surface area contributed by atoms with Crippen molar-refractivity contribution in [2.45, 2.75) is 45.3 Å². The van der Waals surface area contributed by atoms with Gasteiger partial charge in [-0.2, -0.15) is 8.78 Å². The number of hydrogen-bond acceptors (Lipinski definition) is 4. The van der Waals surface area contributed by atoms with Gasteiger partial charge in [-0.15, -0.1) is 0 Å². The molecule has 0 aliphatic carbocycles. The molecule has 0 heterocycles. The third-order valence-electron chi connectivity index (χ3n) is 2.90. The molecule has 1 rings (SSSR count). The Bertz CT molecular complexity index is 571. The molecular weight excluding hydrogens is 324 g/mol. The summed E-state index contributed by atoms with van der Waals surface area (Å²) in [7, 11) is 0. The monoisotopic (exact) mass is 345 g/mol. The van der Waals surface area contributed by atoms with Crippen molar-refractivity contribution in [2.75, 3.05) is 6.61 Å². The Morgan fingerprint density at radius 3 is 2.61 bits per heavy atom. The second-order valence-corrected chi connectivity index (χ2v) is 7.86. The van der Waals surface area contributed by atoms with Crippen LogP contribution in [0.15, 0.2) is 28.7 Å². The molecule has 0 fully saturated rings. The van der Waals surface area contributed by atoms with Crippen molar-refractivity contribution < 1.29 is 22.9 Å². The average molecular weight is 345 g/mol. The number of halogens is 2. The molecule has 0 bridgehead atoms. The van der Waals surface area contributed by atoms with Crippen LogP contribution in [0.4, 0.5) is 8.78 Å². The molecule has 0 aliphatic heterocycles. The van der Waals surface area contributed by atoms with Crippen molar-refractivity contribution in [3.8, 4) is 0 Å². The maximum Gasteiger partial charge on any atom is 0.373 e. The molecule has 4 nitrogen and oxygen atoms in total. The molecule has 1 atom stereocenters. The minimum Gasteiger partial charge on any atom is -0.591 e. The van der Waals surface area contributed by atoms with Crippen LogP contribution in [0.5, 0.6) is 0 Å². The van der Waals surface area contributed by atoms with E-state index in [9.17, 15) is 18.1 Å². The number of carbonyl (C=O) groups excluding carboxylic acids is 1. The van der Waals surface area contributed by atoms with Crippen LogP contribution in [-0.2, 0) is 27.3 Å². The molecule has 1 aromatic carbocycles. The zero-order chi connectivity index (χ0) is 17.6. The van der Waals surface area contributed by atoms with Crippen LogP contribution < -0.4 is 0 Å². The highest BCUT2D eigenvalue weighted by Crippen LogP contribution is 2.18. The number of esters is 1. The molecule has 0 spiro atoms. The van der Waals surface area contributed by atoms with Crippen LogP contribution in [0.3, 0.4) is 0 Å². The van der Waals surface area contributed by atoms with Gasteiger partial charge in [0.25, 0.3) is 0 Å². The van der Waals surface area contributed by atoms with Crippen LogP contribution in [-0.4, -0.2) is 34.0 Å². The number of hydrogen-bond donors (Lipinski definition) is 0. The first-order valence-electron chi connectivity index (χ1n) is 7.12. The minimum absolute atomic E-state index is 0.114. The lowest BCUT2D eigenvalue weighted by Crippen LogP contribution is -2.26. The van der Waals surface area contributed by atoms with E-state index < -0.39 is 28.5 Å². The highest BCUT2D eigenvalue weighted by Gasteiger charge is 2.26. The topological polar surface area (TPSA) is 61.7 Å². The Hall–Kier alpha value is -1.47. The standard InChI is InChI=1S/C16H21F2NO3S/c1-11(19-23(21)16(2,3)4)13-7-5-6-12(10-13)8-9-22-15(20)14(17)18/h5-7,10,14H,8-9H2,1-4H3/b19-11-. The van der Waals surface area contributed by atoms with E-state index in [2.05, 4.69) is 9.13 Å². The Kier molecular flexibility index (Phi) is 7.15. The maximum atomic E-state index is 12.0. The van der Waals surface area contributed by atoms with Gasteiger partial charge >= 0.3 is 12.4 Å². The Labute approximate surface area is 138 Å². The molecule has 1 unspecified atom stereocenters. The lowest BCUT2D eigenvalue weighted by Gasteiger charge is -2.18.